The Morgan fingerprint density at radius 3 is 2.74 bits per heavy atom. The average Bonchev–Trinajstić information content (AvgIpc) is 3.36. The Kier molecular flexibility index (Phi) is 6.01. The maximum Gasteiger partial charge on any atom is 0.272 e. The summed E-state index contributed by atoms with van der Waals surface area (Å²) in [5, 5.41) is 5.10. The molecule has 1 aliphatic heterocycles. The van der Waals surface area contributed by atoms with Crippen molar-refractivity contribution in [1.82, 2.24) is 9.55 Å². The number of fused-ring (bicyclic) bond motifs is 2. The largest absolute Gasteiger partial charge is 0.454 e. The number of rotatable bonds is 7. The van der Waals surface area contributed by atoms with E-state index >= 15 is 0 Å². The van der Waals surface area contributed by atoms with Crippen LogP contribution in [0.15, 0.2) is 33.5 Å². The molecule has 0 atom stereocenters. The number of ether oxygens (including phenoxy) is 2. The highest BCUT2D eigenvalue weighted by molar-refractivity contribution is 7.99. The third-order valence-corrected chi connectivity index (χ3v) is 6.45. The van der Waals surface area contributed by atoms with Crippen LogP contribution < -0.4 is 20.3 Å². The lowest BCUT2D eigenvalue weighted by Gasteiger charge is -2.14. The number of Topliss-reactive ketones (excluding diaryl/α,β-unsaturated/α-hetero) is 1. The van der Waals surface area contributed by atoms with Crippen LogP contribution in [0.3, 0.4) is 0 Å². The first-order valence-corrected chi connectivity index (χ1v) is 11.5. The standard InChI is InChI=1S/C21H21N3O5S2/c1-11(2)8-24-20(27)19-14(4-5-30-19)23-21(24)31-9-18(26)22-15-7-17-16(28-10-29-17)6-13(15)12(3)25/h4-7,11H,8-10H2,1-3H3,(H,22,26). The van der Waals surface area contributed by atoms with E-state index in [1.54, 1.807) is 22.8 Å². The number of carbonyl (C=O) groups is 2. The summed E-state index contributed by atoms with van der Waals surface area (Å²) in [6.45, 7) is 6.06. The zero-order valence-electron chi connectivity index (χ0n) is 17.3. The van der Waals surface area contributed by atoms with Crippen molar-refractivity contribution in [2.75, 3.05) is 17.9 Å². The van der Waals surface area contributed by atoms with Gasteiger partial charge in [0.1, 0.15) is 4.70 Å². The number of anilines is 1. The number of amides is 1. The lowest BCUT2D eigenvalue weighted by molar-refractivity contribution is -0.113. The zero-order valence-corrected chi connectivity index (χ0v) is 18.9. The second-order valence-corrected chi connectivity index (χ2v) is 9.34. The van der Waals surface area contributed by atoms with Crippen molar-refractivity contribution < 1.29 is 19.1 Å². The van der Waals surface area contributed by atoms with Gasteiger partial charge in [-0.05, 0) is 30.4 Å². The summed E-state index contributed by atoms with van der Waals surface area (Å²) < 4.78 is 12.9. The van der Waals surface area contributed by atoms with Crippen LogP contribution in [0.4, 0.5) is 5.69 Å². The molecule has 0 aliphatic carbocycles. The zero-order chi connectivity index (χ0) is 22.1. The minimum atomic E-state index is -0.317. The van der Waals surface area contributed by atoms with Gasteiger partial charge in [-0.2, -0.15) is 0 Å². The number of benzene rings is 1. The molecule has 8 nitrogen and oxygen atoms in total. The highest BCUT2D eigenvalue weighted by Crippen LogP contribution is 2.37. The van der Waals surface area contributed by atoms with E-state index in [-0.39, 0.29) is 35.7 Å². The van der Waals surface area contributed by atoms with Crippen molar-refractivity contribution in [3.63, 3.8) is 0 Å². The van der Waals surface area contributed by atoms with E-state index in [0.29, 0.717) is 44.7 Å². The van der Waals surface area contributed by atoms with Crippen LogP contribution in [0.1, 0.15) is 31.1 Å². The van der Waals surface area contributed by atoms with Crippen molar-refractivity contribution >= 4 is 50.7 Å². The minimum Gasteiger partial charge on any atom is -0.454 e. The van der Waals surface area contributed by atoms with Crippen LogP contribution in [0, 0.1) is 5.92 Å². The maximum atomic E-state index is 12.9. The van der Waals surface area contributed by atoms with E-state index in [0.717, 1.165) is 0 Å². The lowest BCUT2D eigenvalue weighted by Crippen LogP contribution is -2.25. The van der Waals surface area contributed by atoms with Gasteiger partial charge in [0.2, 0.25) is 12.7 Å². The van der Waals surface area contributed by atoms with Crippen LogP contribution >= 0.6 is 23.1 Å². The molecule has 0 bridgehead atoms. The molecule has 162 valence electrons. The number of thioether (sulfide) groups is 1. The Morgan fingerprint density at radius 1 is 1.29 bits per heavy atom. The van der Waals surface area contributed by atoms with Gasteiger partial charge in [-0.3, -0.25) is 19.0 Å². The summed E-state index contributed by atoms with van der Waals surface area (Å²) in [6, 6.07) is 4.96. The van der Waals surface area contributed by atoms with Gasteiger partial charge in [0.15, 0.2) is 22.4 Å². The molecule has 1 aromatic carbocycles. The Bertz CT molecular complexity index is 1230. The number of hydrogen-bond acceptors (Lipinski definition) is 8. The number of aromatic nitrogens is 2. The molecular weight excluding hydrogens is 438 g/mol. The molecule has 4 rings (SSSR count). The highest BCUT2D eigenvalue weighted by atomic mass is 32.2. The third kappa shape index (κ3) is 4.45. The van der Waals surface area contributed by atoms with E-state index in [1.165, 1.54) is 30.0 Å². The summed E-state index contributed by atoms with van der Waals surface area (Å²) in [6.07, 6.45) is 0. The molecule has 0 spiro atoms. The molecule has 0 saturated carbocycles. The second-order valence-electron chi connectivity index (χ2n) is 7.48. The number of nitrogens with one attached hydrogen (secondary N) is 1. The second kappa shape index (κ2) is 8.72. The Morgan fingerprint density at radius 2 is 2.03 bits per heavy atom. The molecule has 1 N–H and O–H groups in total. The third-order valence-electron chi connectivity index (χ3n) is 4.58. The molecule has 0 radical (unpaired) electrons. The molecule has 1 aliphatic rings. The van der Waals surface area contributed by atoms with Gasteiger partial charge < -0.3 is 14.8 Å². The molecule has 2 aromatic heterocycles. The number of nitrogens with zero attached hydrogens (tertiary/aromatic N) is 2. The molecule has 10 heteroatoms. The quantitative estimate of drug-likeness (QED) is 0.326. The number of ketones is 1. The highest BCUT2D eigenvalue weighted by Gasteiger charge is 2.21. The summed E-state index contributed by atoms with van der Waals surface area (Å²) in [5.74, 6) is 0.716. The van der Waals surface area contributed by atoms with Gasteiger partial charge in [0.05, 0.1) is 17.0 Å². The van der Waals surface area contributed by atoms with E-state index in [9.17, 15) is 14.4 Å². The van der Waals surface area contributed by atoms with Crippen LogP contribution in [-0.2, 0) is 11.3 Å². The number of carbonyl (C=O) groups excluding carboxylic acids is 2. The van der Waals surface area contributed by atoms with Gasteiger partial charge in [0.25, 0.3) is 5.56 Å². The smallest absolute Gasteiger partial charge is 0.272 e. The van der Waals surface area contributed by atoms with Crippen LogP contribution in [0.25, 0.3) is 10.2 Å². The number of thiophene rings is 1. The first-order chi connectivity index (χ1) is 14.8. The van der Waals surface area contributed by atoms with E-state index < -0.39 is 0 Å². The summed E-state index contributed by atoms with van der Waals surface area (Å²) >= 11 is 2.56. The van der Waals surface area contributed by atoms with Crippen LogP contribution in [0.5, 0.6) is 11.5 Å². The van der Waals surface area contributed by atoms with Crippen molar-refractivity contribution in [2.24, 2.45) is 5.92 Å². The van der Waals surface area contributed by atoms with Gasteiger partial charge in [-0.15, -0.1) is 11.3 Å². The molecule has 0 saturated heterocycles. The van der Waals surface area contributed by atoms with E-state index in [4.69, 9.17) is 9.47 Å². The summed E-state index contributed by atoms with van der Waals surface area (Å²) in [7, 11) is 0. The Hall–Kier alpha value is -2.85. The molecule has 1 amide bonds. The van der Waals surface area contributed by atoms with Crippen molar-refractivity contribution in [3.05, 3.63) is 39.5 Å². The molecule has 3 aromatic rings. The fourth-order valence-corrected chi connectivity index (χ4v) is 4.80. The van der Waals surface area contributed by atoms with Crippen molar-refractivity contribution in [1.29, 1.82) is 0 Å². The number of hydrogen-bond donors (Lipinski definition) is 1. The Balaban J connectivity index is 1.55. The fraction of sp³-hybridized carbons (Fsp3) is 0.333. The topological polar surface area (TPSA) is 99.5 Å². The molecule has 3 heterocycles. The average molecular weight is 460 g/mol. The molecule has 31 heavy (non-hydrogen) atoms. The van der Waals surface area contributed by atoms with E-state index in [1.807, 2.05) is 19.2 Å². The predicted molar refractivity (Wildman–Crippen MR) is 121 cm³/mol. The molecule has 0 fully saturated rings. The van der Waals surface area contributed by atoms with Crippen molar-refractivity contribution in [2.45, 2.75) is 32.5 Å². The minimum absolute atomic E-state index is 0.0337. The predicted octanol–water partition coefficient (Wildman–Crippen LogP) is 3.78. The lowest BCUT2D eigenvalue weighted by atomic mass is 10.1. The van der Waals surface area contributed by atoms with Gasteiger partial charge >= 0.3 is 0 Å². The van der Waals surface area contributed by atoms with Crippen LogP contribution in [-0.4, -0.2) is 33.8 Å². The summed E-state index contributed by atoms with van der Waals surface area (Å²) in [4.78, 5) is 42.1. The maximum absolute atomic E-state index is 12.9. The SMILES string of the molecule is CC(=O)c1cc2c(cc1NC(=O)CSc1nc3ccsc3c(=O)n1CC(C)C)OCO2. The Labute approximate surface area is 186 Å². The fourth-order valence-electron chi connectivity index (χ4n) is 3.21. The van der Waals surface area contributed by atoms with Crippen LogP contribution in [0.2, 0.25) is 0 Å². The summed E-state index contributed by atoms with van der Waals surface area (Å²) in [5.41, 5.74) is 1.25. The van der Waals surface area contributed by atoms with E-state index in [2.05, 4.69) is 10.3 Å². The van der Waals surface area contributed by atoms with Crippen molar-refractivity contribution in [3.8, 4) is 11.5 Å². The monoisotopic (exact) mass is 459 g/mol. The molecular formula is C21H21N3O5S2. The molecule has 0 unspecified atom stereocenters. The van der Waals surface area contributed by atoms with Gasteiger partial charge in [0, 0.05) is 18.2 Å². The first-order valence-electron chi connectivity index (χ1n) is 9.68. The first kappa shape index (κ1) is 21.4. The normalized spacial score (nSPS) is 12.5. The van der Waals surface area contributed by atoms with Gasteiger partial charge in [-0.25, -0.2) is 4.98 Å². The van der Waals surface area contributed by atoms with Gasteiger partial charge in [-0.1, -0.05) is 25.6 Å².